The normalized spacial score (nSPS) is 10.9. The number of fused-ring (bicyclic) bond motifs is 1. The highest BCUT2D eigenvalue weighted by molar-refractivity contribution is 7.13. The average molecular weight is 393 g/mol. The second-order valence-electron chi connectivity index (χ2n) is 6.27. The quantitative estimate of drug-likeness (QED) is 0.546. The van der Waals surface area contributed by atoms with Crippen LogP contribution in [0.3, 0.4) is 0 Å². The minimum Gasteiger partial charge on any atom is -0.336 e. The van der Waals surface area contributed by atoms with Gasteiger partial charge in [0, 0.05) is 19.0 Å². The van der Waals surface area contributed by atoms with E-state index in [4.69, 9.17) is 0 Å². The third kappa shape index (κ3) is 3.54. The Kier molecular flexibility index (Phi) is 4.94. The molecule has 0 spiro atoms. The minimum absolute atomic E-state index is 0.209. The first-order chi connectivity index (χ1) is 13.6. The number of hydrogen-bond donors (Lipinski definition) is 2. The number of anilines is 1. The van der Waals surface area contributed by atoms with Crippen molar-refractivity contribution in [2.45, 2.75) is 6.54 Å². The Bertz CT molecular complexity index is 1170. The highest BCUT2D eigenvalue weighted by Crippen LogP contribution is 2.23. The monoisotopic (exact) mass is 393 g/mol. The number of aromatic nitrogens is 3. The van der Waals surface area contributed by atoms with Gasteiger partial charge in [0.25, 0.3) is 0 Å². The first-order valence-corrected chi connectivity index (χ1v) is 9.72. The molecule has 4 rings (SSSR count). The summed E-state index contributed by atoms with van der Waals surface area (Å²) in [6.45, 7) is 0.582. The molecule has 2 aromatic heterocycles. The molecular weight excluding hydrogens is 374 g/mol. The lowest BCUT2D eigenvalue weighted by atomic mass is 10.1. The summed E-state index contributed by atoms with van der Waals surface area (Å²) in [7, 11) is 1.70. The first-order valence-electron chi connectivity index (χ1n) is 8.84. The van der Waals surface area contributed by atoms with Crippen LogP contribution >= 0.6 is 11.3 Å². The van der Waals surface area contributed by atoms with E-state index in [0.29, 0.717) is 12.4 Å². The van der Waals surface area contributed by atoms with Crippen molar-refractivity contribution in [2.24, 2.45) is 7.05 Å². The molecule has 0 aliphatic carbocycles. The van der Waals surface area contributed by atoms with Crippen LogP contribution < -0.4 is 16.3 Å². The predicted octanol–water partition coefficient (Wildman–Crippen LogP) is 3.29. The summed E-state index contributed by atoms with van der Waals surface area (Å²) in [5, 5.41) is 14.0. The summed E-state index contributed by atoms with van der Waals surface area (Å²) in [6, 6.07) is 17.1. The summed E-state index contributed by atoms with van der Waals surface area (Å²) in [4.78, 5) is 25.5. The maximum Gasteiger partial charge on any atom is 0.346 e. The molecule has 0 fully saturated rings. The summed E-state index contributed by atoms with van der Waals surface area (Å²) in [6.07, 6.45) is 0. The van der Waals surface area contributed by atoms with E-state index in [1.165, 1.54) is 20.6 Å². The van der Waals surface area contributed by atoms with Crippen molar-refractivity contribution in [1.29, 1.82) is 0 Å². The Morgan fingerprint density at radius 1 is 1.11 bits per heavy atom. The molecule has 0 aliphatic rings. The Morgan fingerprint density at radius 2 is 1.93 bits per heavy atom. The van der Waals surface area contributed by atoms with Crippen molar-refractivity contribution >= 4 is 33.8 Å². The van der Waals surface area contributed by atoms with Gasteiger partial charge in [0.05, 0.1) is 17.1 Å². The van der Waals surface area contributed by atoms with Crippen molar-refractivity contribution < 1.29 is 4.79 Å². The number of urea groups is 1. The SMILES string of the molecule is Cn1c(-c2cccs2)nn(CCNC(=O)Nc2cccc3ccccc23)c1=O. The van der Waals surface area contributed by atoms with Gasteiger partial charge in [0.15, 0.2) is 5.82 Å². The van der Waals surface area contributed by atoms with Crippen LogP contribution in [0.25, 0.3) is 21.5 Å². The summed E-state index contributed by atoms with van der Waals surface area (Å²) >= 11 is 1.53. The minimum atomic E-state index is -0.321. The van der Waals surface area contributed by atoms with Crippen LogP contribution in [0.1, 0.15) is 0 Å². The van der Waals surface area contributed by atoms with E-state index in [1.54, 1.807) is 7.05 Å². The van der Waals surface area contributed by atoms with Crippen molar-refractivity contribution in [3.05, 3.63) is 70.5 Å². The molecule has 2 N–H and O–H groups in total. The fourth-order valence-electron chi connectivity index (χ4n) is 3.03. The molecule has 0 aliphatic heterocycles. The van der Waals surface area contributed by atoms with Gasteiger partial charge in [0.1, 0.15) is 0 Å². The summed E-state index contributed by atoms with van der Waals surface area (Å²) < 4.78 is 2.88. The highest BCUT2D eigenvalue weighted by Gasteiger charge is 2.13. The Balaban J connectivity index is 1.40. The number of carbonyl (C=O) groups is 1. The lowest BCUT2D eigenvalue weighted by molar-refractivity contribution is 0.251. The number of nitrogens with zero attached hydrogens (tertiary/aromatic N) is 3. The van der Waals surface area contributed by atoms with Crippen molar-refractivity contribution in [3.63, 3.8) is 0 Å². The highest BCUT2D eigenvalue weighted by atomic mass is 32.1. The third-order valence-corrected chi connectivity index (χ3v) is 5.30. The second kappa shape index (κ2) is 7.69. The van der Waals surface area contributed by atoms with E-state index < -0.39 is 0 Å². The maximum absolute atomic E-state index is 12.3. The zero-order valence-corrected chi connectivity index (χ0v) is 16.1. The van der Waals surface area contributed by atoms with E-state index in [1.807, 2.05) is 60.0 Å². The Morgan fingerprint density at radius 3 is 2.75 bits per heavy atom. The van der Waals surface area contributed by atoms with Gasteiger partial charge < -0.3 is 10.6 Å². The summed E-state index contributed by atoms with van der Waals surface area (Å²) in [5.41, 5.74) is 0.533. The van der Waals surface area contributed by atoms with Gasteiger partial charge in [-0.15, -0.1) is 16.4 Å². The number of nitrogens with one attached hydrogen (secondary N) is 2. The number of thiophene rings is 1. The van der Waals surface area contributed by atoms with Gasteiger partial charge in [0.2, 0.25) is 0 Å². The third-order valence-electron chi connectivity index (χ3n) is 4.43. The molecule has 28 heavy (non-hydrogen) atoms. The molecule has 7 nitrogen and oxygen atoms in total. The number of hydrogen-bond acceptors (Lipinski definition) is 4. The number of carbonyl (C=O) groups excluding carboxylic acids is 1. The van der Waals surface area contributed by atoms with Gasteiger partial charge in [-0.05, 0) is 22.9 Å². The van der Waals surface area contributed by atoms with Gasteiger partial charge in [-0.25, -0.2) is 14.3 Å². The van der Waals surface area contributed by atoms with E-state index in [2.05, 4.69) is 15.7 Å². The molecule has 0 radical (unpaired) electrons. The van der Waals surface area contributed by atoms with Gasteiger partial charge in [-0.3, -0.25) is 4.57 Å². The first kappa shape index (κ1) is 18.0. The smallest absolute Gasteiger partial charge is 0.336 e. The number of amides is 2. The van der Waals surface area contributed by atoms with Gasteiger partial charge in [-0.2, -0.15) is 0 Å². The fourth-order valence-corrected chi connectivity index (χ4v) is 3.77. The average Bonchev–Trinajstić information content (AvgIpc) is 3.32. The van der Waals surface area contributed by atoms with E-state index >= 15 is 0 Å². The van der Waals surface area contributed by atoms with Crippen LogP contribution in [-0.4, -0.2) is 26.9 Å². The lowest BCUT2D eigenvalue weighted by Gasteiger charge is -2.10. The molecule has 0 saturated carbocycles. The van der Waals surface area contributed by atoms with E-state index in [0.717, 1.165) is 21.3 Å². The zero-order chi connectivity index (χ0) is 19.5. The molecule has 2 heterocycles. The van der Waals surface area contributed by atoms with Gasteiger partial charge in [-0.1, -0.05) is 42.5 Å². The molecule has 4 aromatic rings. The molecule has 0 atom stereocenters. The van der Waals surface area contributed by atoms with E-state index in [9.17, 15) is 9.59 Å². The van der Waals surface area contributed by atoms with Crippen LogP contribution in [-0.2, 0) is 13.6 Å². The number of benzene rings is 2. The van der Waals surface area contributed by atoms with Crippen molar-refractivity contribution in [1.82, 2.24) is 19.7 Å². The fraction of sp³-hybridized carbons (Fsp3) is 0.150. The van der Waals surface area contributed by atoms with Crippen LogP contribution in [0.15, 0.2) is 64.8 Å². The van der Waals surface area contributed by atoms with Crippen LogP contribution in [0.5, 0.6) is 0 Å². The largest absolute Gasteiger partial charge is 0.346 e. The van der Waals surface area contributed by atoms with Crippen molar-refractivity contribution in [3.8, 4) is 10.7 Å². The molecule has 0 saturated heterocycles. The molecular formula is C20H19N5O2S. The molecule has 2 aromatic carbocycles. The summed E-state index contributed by atoms with van der Waals surface area (Å²) in [5.74, 6) is 0.625. The van der Waals surface area contributed by atoms with Crippen LogP contribution in [0.4, 0.5) is 10.5 Å². The van der Waals surface area contributed by atoms with Crippen molar-refractivity contribution in [2.75, 3.05) is 11.9 Å². The Labute approximate surface area is 165 Å². The maximum atomic E-state index is 12.3. The molecule has 0 bridgehead atoms. The molecule has 8 heteroatoms. The predicted molar refractivity (Wildman–Crippen MR) is 112 cm³/mol. The molecule has 142 valence electrons. The van der Waals surface area contributed by atoms with Crippen LogP contribution in [0.2, 0.25) is 0 Å². The lowest BCUT2D eigenvalue weighted by Crippen LogP contribution is -2.34. The van der Waals surface area contributed by atoms with Crippen LogP contribution in [0, 0.1) is 0 Å². The van der Waals surface area contributed by atoms with E-state index in [-0.39, 0.29) is 18.3 Å². The standard InChI is InChI=1S/C20H19N5O2S/c1-24-18(17-10-5-13-28-17)23-25(20(24)27)12-11-21-19(26)22-16-9-4-7-14-6-2-3-8-15(14)16/h2-10,13H,11-12H2,1H3,(H2,21,22,26). The second-order valence-corrected chi connectivity index (χ2v) is 7.22. The molecule has 2 amide bonds. The Hall–Kier alpha value is -3.39. The van der Waals surface area contributed by atoms with Gasteiger partial charge >= 0.3 is 11.7 Å². The zero-order valence-electron chi connectivity index (χ0n) is 15.3. The topological polar surface area (TPSA) is 81.0 Å². The number of rotatable bonds is 5. The molecule has 0 unspecified atom stereocenters.